The number of nitrogens with one attached hydrogen (secondary N) is 2. The molecule has 0 saturated heterocycles. The molecule has 3 aromatic carbocycles. The minimum Gasteiger partial charge on any atom is -0.301 e. The van der Waals surface area contributed by atoms with Gasteiger partial charge in [0, 0.05) is 26.0 Å². The Balaban J connectivity index is 1.34. The van der Waals surface area contributed by atoms with Crippen LogP contribution in [-0.2, 0) is 14.8 Å². The second kappa shape index (κ2) is 10.9. The summed E-state index contributed by atoms with van der Waals surface area (Å²) in [7, 11) is -3.66. The molecule has 10 heteroatoms. The van der Waals surface area contributed by atoms with Gasteiger partial charge in [0.1, 0.15) is 0 Å². The fourth-order valence-electron chi connectivity index (χ4n) is 3.08. The topological polar surface area (TPSA) is 88.2 Å². The first-order valence-electron chi connectivity index (χ1n) is 10.6. The zero-order chi connectivity index (χ0) is 25.0. The number of aryl methyl sites for hydroxylation is 1. The number of carbonyl (C=O) groups is 1. The summed E-state index contributed by atoms with van der Waals surface area (Å²) < 4.78 is 28.7. The maximum Gasteiger partial charge on any atom is 0.261 e. The van der Waals surface area contributed by atoms with Crippen LogP contribution in [0.4, 0.5) is 10.8 Å². The molecule has 0 radical (unpaired) electrons. The first kappa shape index (κ1) is 25.4. The Hall–Kier alpha value is -2.66. The molecule has 0 aliphatic heterocycles. The van der Waals surface area contributed by atoms with E-state index in [0.717, 1.165) is 26.2 Å². The summed E-state index contributed by atoms with van der Waals surface area (Å²) in [4.78, 5) is 18.2. The van der Waals surface area contributed by atoms with Crippen LogP contribution in [0.1, 0.15) is 12.5 Å². The fraction of sp³-hybridized carbons (Fsp3) is 0.120. The van der Waals surface area contributed by atoms with Crippen molar-refractivity contribution in [3.05, 3.63) is 88.2 Å². The van der Waals surface area contributed by atoms with Gasteiger partial charge in [-0.2, -0.15) is 0 Å². The van der Waals surface area contributed by atoms with Crippen molar-refractivity contribution in [2.75, 3.05) is 10.0 Å². The van der Waals surface area contributed by atoms with Gasteiger partial charge in [-0.05, 0) is 62.4 Å². The number of sulfonamides is 1. The van der Waals surface area contributed by atoms with E-state index >= 15 is 0 Å². The summed E-state index contributed by atoms with van der Waals surface area (Å²) in [6.07, 6.45) is 0. The first-order valence-corrected chi connectivity index (χ1v) is 14.6. The van der Waals surface area contributed by atoms with Crippen LogP contribution >= 0.6 is 39.0 Å². The number of hydrogen-bond acceptors (Lipinski definition) is 6. The molecule has 180 valence electrons. The highest BCUT2D eigenvalue weighted by molar-refractivity contribution is 9.10. The van der Waals surface area contributed by atoms with Gasteiger partial charge in [-0.1, -0.05) is 45.8 Å². The van der Waals surface area contributed by atoms with Gasteiger partial charge in [-0.15, -0.1) is 23.1 Å². The maximum atomic E-state index is 12.7. The predicted octanol–water partition coefficient (Wildman–Crippen LogP) is 6.80. The van der Waals surface area contributed by atoms with E-state index in [4.69, 9.17) is 0 Å². The van der Waals surface area contributed by atoms with Crippen molar-refractivity contribution in [3.63, 3.8) is 0 Å². The van der Waals surface area contributed by atoms with Crippen LogP contribution in [0.2, 0.25) is 0 Å². The number of hydrogen-bond donors (Lipinski definition) is 2. The molecule has 4 rings (SSSR count). The molecule has 1 heterocycles. The van der Waals surface area contributed by atoms with Crippen molar-refractivity contribution in [2.24, 2.45) is 0 Å². The van der Waals surface area contributed by atoms with Crippen LogP contribution in [0.5, 0.6) is 0 Å². The Kier molecular flexibility index (Phi) is 7.95. The highest BCUT2D eigenvalue weighted by Gasteiger charge is 2.17. The van der Waals surface area contributed by atoms with E-state index in [-0.39, 0.29) is 16.1 Å². The Morgan fingerprint density at radius 1 is 1.00 bits per heavy atom. The highest BCUT2D eigenvalue weighted by Crippen LogP contribution is 2.29. The minimum atomic E-state index is -3.66. The molecule has 0 spiro atoms. The number of carbonyl (C=O) groups excluding carboxylic acids is 1. The summed E-state index contributed by atoms with van der Waals surface area (Å²) in [5.41, 5.74) is 3.23. The number of aromatic nitrogens is 1. The minimum absolute atomic E-state index is 0.157. The van der Waals surface area contributed by atoms with E-state index in [1.54, 1.807) is 48.5 Å². The van der Waals surface area contributed by atoms with Crippen LogP contribution in [0.3, 0.4) is 0 Å². The second-order valence-electron chi connectivity index (χ2n) is 7.74. The molecule has 1 atom stereocenters. The molecule has 0 saturated carbocycles. The van der Waals surface area contributed by atoms with Crippen LogP contribution in [0, 0.1) is 6.92 Å². The smallest absolute Gasteiger partial charge is 0.261 e. The Morgan fingerprint density at radius 3 is 2.31 bits per heavy atom. The van der Waals surface area contributed by atoms with Crippen LogP contribution < -0.4 is 10.0 Å². The Morgan fingerprint density at radius 2 is 1.66 bits per heavy atom. The van der Waals surface area contributed by atoms with Crippen molar-refractivity contribution in [3.8, 4) is 11.3 Å². The van der Waals surface area contributed by atoms with E-state index in [1.165, 1.54) is 23.1 Å². The molecule has 1 aromatic heterocycles. The quantitative estimate of drug-likeness (QED) is 0.221. The molecule has 0 aliphatic carbocycles. The summed E-state index contributed by atoms with van der Waals surface area (Å²) in [6, 6.07) is 21.4. The van der Waals surface area contributed by atoms with Gasteiger partial charge in [0.15, 0.2) is 5.13 Å². The lowest BCUT2D eigenvalue weighted by molar-refractivity contribution is -0.115. The van der Waals surface area contributed by atoms with Crippen molar-refractivity contribution in [1.82, 2.24) is 4.98 Å². The molecular formula is C25H22BrN3O3S3. The van der Waals surface area contributed by atoms with Crippen LogP contribution in [0.25, 0.3) is 11.3 Å². The monoisotopic (exact) mass is 587 g/mol. The SMILES string of the molecule is Cc1ccc(S(=O)(=O)Nc2ccc(SC(C)C(=O)Nc3nc(-c4ccc(Br)cc4)cs3)cc2)cc1. The normalized spacial score (nSPS) is 12.2. The number of nitrogens with zero attached hydrogens (tertiary/aromatic N) is 1. The van der Waals surface area contributed by atoms with Gasteiger partial charge in [0.2, 0.25) is 5.91 Å². The van der Waals surface area contributed by atoms with Crippen molar-refractivity contribution in [2.45, 2.75) is 28.9 Å². The molecule has 4 aromatic rings. The molecule has 0 bridgehead atoms. The van der Waals surface area contributed by atoms with Gasteiger partial charge < -0.3 is 5.32 Å². The fourth-order valence-corrected chi connectivity index (χ4v) is 6.00. The molecule has 1 unspecified atom stereocenters. The number of anilines is 2. The van der Waals surface area contributed by atoms with Gasteiger partial charge in [-0.25, -0.2) is 13.4 Å². The standard InChI is InChI=1S/C25H22BrN3O3S3/c1-16-3-13-22(14-4-16)35(31,32)29-20-9-11-21(12-10-20)34-17(2)24(30)28-25-27-23(15-33-25)18-5-7-19(26)8-6-18/h3-15,17,29H,1-2H3,(H,27,28,30). The lowest BCUT2D eigenvalue weighted by atomic mass is 10.2. The lowest BCUT2D eigenvalue weighted by Gasteiger charge is -2.12. The van der Waals surface area contributed by atoms with E-state index in [0.29, 0.717) is 10.8 Å². The second-order valence-corrected chi connectivity index (χ2v) is 12.6. The summed E-state index contributed by atoms with van der Waals surface area (Å²) in [6.45, 7) is 3.72. The zero-order valence-electron chi connectivity index (χ0n) is 18.9. The zero-order valence-corrected chi connectivity index (χ0v) is 22.9. The summed E-state index contributed by atoms with van der Waals surface area (Å²) >= 11 is 6.18. The maximum absolute atomic E-state index is 12.7. The third kappa shape index (κ3) is 6.72. The molecule has 1 amide bonds. The average Bonchev–Trinajstić information content (AvgIpc) is 3.29. The molecule has 35 heavy (non-hydrogen) atoms. The summed E-state index contributed by atoms with van der Waals surface area (Å²) in [5.74, 6) is -0.157. The number of thioether (sulfide) groups is 1. The summed E-state index contributed by atoms with van der Waals surface area (Å²) in [5, 5.41) is 4.96. The predicted molar refractivity (Wildman–Crippen MR) is 148 cm³/mol. The van der Waals surface area contributed by atoms with Crippen molar-refractivity contribution >= 4 is 65.8 Å². The van der Waals surface area contributed by atoms with Gasteiger partial charge in [0.05, 0.1) is 15.8 Å². The molecular weight excluding hydrogens is 566 g/mol. The van der Waals surface area contributed by atoms with Gasteiger partial charge >= 0.3 is 0 Å². The number of amides is 1. The van der Waals surface area contributed by atoms with Crippen LogP contribution in [0.15, 0.2) is 92.4 Å². The highest BCUT2D eigenvalue weighted by atomic mass is 79.9. The van der Waals surface area contributed by atoms with E-state index in [2.05, 4.69) is 31.0 Å². The lowest BCUT2D eigenvalue weighted by Crippen LogP contribution is -2.22. The Bertz CT molecular complexity index is 1420. The van der Waals surface area contributed by atoms with Gasteiger partial charge in [0.25, 0.3) is 10.0 Å². The van der Waals surface area contributed by atoms with Crippen LogP contribution in [-0.4, -0.2) is 24.6 Å². The molecule has 6 nitrogen and oxygen atoms in total. The average molecular weight is 589 g/mol. The number of halogens is 1. The number of benzene rings is 3. The van der Waals surface area contributed by atoms with E-state index in [9.17, 15) is 13.2 Å². The third-order valence-electron chi connectivity index (χ3n) is 4.99. The van der Waals surface area contributed by atoms with Crippen molar-refractivity contribution in [1.29, 1.82) is 0 Å². The third-order valence-corrected chi connectivity index (χ3v) is 8.79. The first-order chi connectivity index (χ1) is 16.7. The largest absolute Gasteiger partial charge is 0.301 e. The Labute approximate surface area is 221 Å². The van der Waals surface area contributed by atoms with Crippen molar-refractivity contribution < 1.29 is 13.2 Å². The van der Waals surface area contributed by atoms with E-state index < -0.39 is 10.0 Å². The number of rotatable bonds is 8. The molecule has 0 fully saturated rings. The molecule has 2 N–H and O–H groups in total. The molecule has 0 aliphatic rings. The van der Waals surface area contributed by atoms with E-state index in [1.807, 2.05) is 43.5 Å². The van der Waals surface area contributed by atoms with Gasteiger partial charge in [-0.3, -0.25) is 9.52 Å². The number of thiazole rings is 1.